The Bertz CT molecular complexity index is 275. The normalized spacial score (nSPS) is 45.3. The van der Waals surface area contributed by atoms with Gasteiger partial charge in [0.15, 0.2) is 0 Å². The minimum atomic E-state index is 0.838. The van der Waals surface area contributed by atoms with Gasteiger partial charge in [0.2, 0.25) is 0 Å². The summed E-state index contributed by atoms with van der Waals surface area (Å²) in [6, 6.07) is 0.838. The Balaban J connectivity index is 1.70. The van der Waals surface area contributed by atoms with E-state index in [0.717, 1.165) is 35.6 Å². The molecule has 0 heterocycles. The van der Waals surface area contributed by atoms with Crippen LogP contribution in [0.4, 0.5) is 0 Å². The van der Waals surface area contributed by atoms with Gasteiger partial charge in [0.25, 0.3) is 0 Å². The van der Waals surface area contributed by atoms with E-state index in [1.807, 2.05) is 0 Å². The zero-order valence-electron chi connectivity index (χ0n) is 12.3. The van der Waals surface area contributed by atoms with Gasteiger partial charge in [-0.15, -0.1) is 0 Å². The summed E-state index contributed by atoms with van der Waals surface area (Å²) in [5.74, 6) is 5.19. The van der Waals surface area contributed by atoms with E-state index in [9.17, 15) is 0 Å². The lowest BCUT2D eigenvalue weighted by Gasteiger charge is -2.42. The third-order valence-electron chi connectivity index (χ3n) is 6.54. The molecule has 0 radical (unpaired) electrons. The van der Waals surface area contributed by atoms with Crippen LogP contribution in [0.3, 0.4) is 0 Å². The van der Waals surface area contributed by atoms with Gasteiger partial charge in [-0.3, -0.25) is 0 Å². The van der Waals surface area contributed by atoms with E-state index in [0.29, 0.717) is 0 Å². The minimum Gasteiger partial charge on any atom is -0.316 e. The van der Waals surface area contributed by atoms with Crippen LogP contribution in [0.2, 0.25) is 0 Å². The molecule has 6 atom stereocenters. The van der Waals surface area contributed by atoms with E-state index in [1.54, 1.807) is 19.3 Å². The summed E-state index contributed by atoms with van der Waals surface area (Å²) >= 11 is 0. The second kappa shape index (κ2) is 5.53. The van der Waals surface area contributed by atoms with Crippen molar-refractivity contribution in [2.24, 2.45) is 29.6 Å². The maximum absolute atomic E-state index is 3.76. The van der Waals surface area contributed by atoms with Crippen LogP contribution >= 0.6 is 0 Å². The predicted octanol–water partition coefficient (Wildman–Crippen LogP) is 4.23. The van der Waals surface area contributed by atoms with Gasteiger partial charge in [-0.1, -0.05) is 39.0 Å². The van der Waals surface area contributed by atoms with Gasteiger partial charge in [0.1, 0.15) is 0 Å². The highest BCUT2D eigenvalue weighted by Gasteiger charge is 2.45. The molecule has 1 nitrogen and oxygen atoms in total. The predicted molar refractivity (Wildman–Crippen MR) is 77.5 cm³/mol. The van der Waals surface area contributed by atoms with Crippen LogP contribution in [0.5, 0.6) is 0 Å². The van der Waals surface area contributed by atoms with E-state index in [2.05, 4.69) is 19.3 Å². The van der Waals surface area contributed by atoms with Gasteiger partial charge < -0.3 is 5.32 Å². The number of hydrogen-bond acceptors (Lipinski definition) is 1. The average Bonchev–Trinajstić information content (AvgIpc) is 3.03. The lowest BCUT2D eigenvalue weighted by atomic mass is 9.68. The summed E-state index contributed by atoms with van der Waals surface area (Å²) in [6.07, 6.45) is 13.6. The van der Waals surface area contributed by atoms with Crippen LogP contribution < -0.4 is 5.32 Å². The van der Waals surface area contributed by atoms with Crippen molar-refractivity contribution < 1.29 is 0 Å². The Hall–Kier alpha value is -0.0400. The second-order valence-corrected chi connectivity index (χ2v) is 7.27. The van der Waals surface area contributed by atoms with Crippen LogP contribution in [0.25, 0.3) is 0 Å². The smallest absolute Gasteiger partial charge is 0.0126 e. The van der Waals surface area contributed by atoms with E-state index in [4.69, 9.17) is 0 Å². The standard InChI is InChI=1S/C17H31N/c1-3-13-6-4-5-7-15(13)17(18-2)16-11-12-8-9-14(16)10-12/h12-18H,3-11H2,1-2H3. The van der Waals surface area contributed by atoms with Crippen LogP contribution in [-0.4, -0.2) is 13.1 Å². The van der Waals surface area contributed by atoms with Crippen molar-refractivity contribution in [3.8, 4) is 0 Å². The van der Waals surface area contributed by atoms with Gasteiger partial charge in [-0.2, -0.15) is 0 Å². The van der Waals surface area contributed by atoms with Crippen molar-refractivity contribution in [1.29, 1.82) is 0 Å². The molecular weight excluding hydrogens is 218 g/mol. The fourth-order valence-corrected chi connectivity index (χ4v) is 5.70. The molecule has 104 valence electrons. The van der Waals surface area contributed by atoms with Crippen molar-refractivity contribution in [1.82, 2.24) is 5.32 Å². The van der Waals surface area contributed by atoms with Gasteiger partial charge in [-0.05, 0) is 62.3 Å². The zero-order valence-corrected chi connectivity index (χ0v) is 12.3. The van der Waals surface area contributed by atoms with Gasteiger partial charge in [0.05, 0.1) is 0 Å². The summed E-state index contributed by atoms with van der Waals surface area (Å²) in [5.41, 5.74) is 0. The average molecular weight is 249 g/mol. The molecule has 0 saturated heterocycles. The largest absolute Gasteiger partial charge is 0.316 e. The van der Waals surface area contributed by atoms with Crippen molar-refractivity contribution in [2.75, 3.05) is 7.05 Å². The molecule has 0 amide bonds. The first-order chi connectivity index (χ1) is 8.83. The molecule has 3 rings (SSSR count). The molecule has 1 N–H and O–H groups in total. The van der Waals surface area contributed by atoms with Crippen LogP contribution in [0, 0.1) is 29.6 Å². The molecule has 2 bridgehead atoms. The zero-order chi connectivity index (χ0) is 12.5. The molecule has 0 spiro atoms. The first-order valence-corrected chi connectivity index (χ1v) is 8.50. The Morgan fingerprint density at radius 2 is 1.83 bits per heavy atom. The molecule has 0 aliphatic heterocycles. The fourth-order valence-electron chi connectivity index (χ4n) is 5.70. The van der Waals surface area contributed by atoms with Crippen molar-refractivity contribution in [2.45, 2.75) is 70.8 Å². The maximum Gasteiger partial charge on any atom is 0.0126 e. The van der Waals surface area contributed by atoms with Crippen LogP contribution in [-0.2, 0) is 0 Å². The lowest BCUT2D eigenvalue weighted by molar-refractivity contribution is 0.116. The Morgan fingerprint density at radius 1 is 1.00 bits per heavy atom. The molecule has 6 unspecified atom stereocenters. The van der Waals surface area contributed by atoms with Crippen molar-refractivity contribution in [3.05, 3.63) is 0 Å². The molecule has 3 aliphatic carbocycles. The number of nitrogens with one attached hydrogen (secondary N) is 1. The highest BCUT2D eigenvalue weighted by atomic mass is 14.9. The summed E-state index contributed by atoms with van der Waals surface area (Å²) in [5, 5.41) is 3.76. The first kappa shape index (κ1) is 13.0. The summed E-state index contributed by atoms with van der Waals surface area (Å²) in [7, 11) is 2.23. The number of fused-ring (bicyclic) bond motifs is 2. The molecule has 3 aliphatic rings. The number of rotatable bonds is 4. The highest BCUT2D eigenvalue weighted by Crippen LogP contribution is 2.52. The molecule has 18 heavy (non-hydrogen) atoms. The molecule has 3 fully saturated rings. The SMILES string of the molecule is CCC1CCCCC1C(NC)C1CC2CCC1C2. The Kier molecular flexibility index (Phi) is 3.98. The molecule has 0 aromatic heterocycles. The molecule has 1 heteroatoms. The Morgan fingerprint density at radius 3 is 2.44 bits per heavy atom. The van der Waals surface area contributed by atoms with E-state index >= 15 is 0 Å². The lowest BCUT2D eigenvalue weighted by Crippen LogP contribution is -2.46. The van der Waals surface area contributed by atoms with Crippen molar-refractivity contribution in [3.63, 3.8) is 0 Å². The summed E-state index contributed by atoms with van der Waals surface area (Å²) in [6.45, 7) is 2.41. The number of hydrogen-bond donors (Lipinski definition) is 1. The quantitative estimate of drug-likeness (QED) is 0.786. The van der Waals surface area contributed by atoms with Crippen molar-refractivity contribution >= 4 is 0 Å². The van der Waals surface area contributed by atoms with Gasteiger partial charge in [0, 0.05) is 6.04 Å². The summed E-state index contributed by atoms with van der Waals surface area (Å²) in [4.78, 5) is 0. The van der Waals surface area contributed by atoms with E-state index in [-0.39, 0.29) is 0 Å². The Labute approximate surface area is 113 Å². The first-order valence-electron chi connectivity index (χ1n) is 8.50. The summed E-state index contributed by atoms with van der Waals surface area (Å²) < 4.78 is 0. The molecule has 0 aromatic rings. The molecule has 3 saturated carbocycles. The fraction of sp³-hybridized carbons (Fsp3) is 1.00. The molecule has 0 aromatic carbocycles. The second-order valence-electron chi connectivity index (χ2n) is 7.27. The monoisotopic (exact) mass is 249 g/mol. The van der Waals surface area contributed by atoms with Crippen LogP contribution in [0.1, 0.15) is 64.7 Å². The topological polar surface area (TPSA) is 12.0 Å². The third kappa shape index (κ3) is 2.24. The van der Waals surface area contributed by atoms with Gasteiger partial charge >= 0.3 is 0 Å². The van der Waals surface area contributed by atoms with E-state index < -0.39 is 0 Å². The van der Waals surface area contributed by atoms with Gasteiger partial charge in [-0.25, -0.2) is 0 Å². The molecular formula is C17H31N. The maximum atomic E-state index is 3.76. The third-order valence-corrected chi connectivity index (χ3v) is 6.54. The van der Waals surface area contributed by atoms with E-state index in [1.165, 1.54) is 38.5 Å². The minimum absolute atomic E-state index is 0.838. The van der Waals surface area contributed by atoms with Crippen LogP contribution in [0.15, 0.2) is 0 Å². The highest BCUT2D eigenvalue weighted by molar-refractivity contribution is 4.98.